The number of hydrogen-bond donors (Lipinski definition) is 3. The van der Waals surface area contributed by atoms with Crippen molar-refractivity contribution in [1.29, 1.82) is 0 Å². The van der Waals surface area contributed by atoms with Gasteiger partial charge in [-0.15, -0.1) is 0 Å². The van der Waals surface area contributed by atoms with Gasteiger partial charge in [-0.25, -0.2) is 0 Å². The van der Waals surface area contributed by atoms with Gasteiger partial charge in [0.2, 0.25) is 0 Å². The summed E-state index contributed by atoms with van der Waals surface area (Å²) in [6, 6.07) is 5.46. The number of aliphatic hydroxyl groups is 1. The van der Waals surface area contributed by atoms with Gasteiger partial charge in [-0.05, 0) is 118 Å². The van der Waals surface area contributed by atoms with Crippen LogP contribution in [-0.2, 0) is 5.60 Å². The molecule has 1 amide bonds. The molecule has 5 aliphatic rings. The summed E-state index contributed by atoms with van der Waals surface area (Å²) in [7, 11) is 0. The standard InChI is InChI=1S/C25H35ClN2O2/c1-24(30,19-4-6-27-7-5-19)20-2-3-22(26)21(11-20)23(29)28-15-25-12-16-8-17(13-25)10-18(9-16)14-25/h2-3,11,16-19,27,30H,4-10,12-15H2,1H3,(H,28,29). The Bertz CT molecular complexity index is 780. The number of amides is 1. The fourth-order valence-electron chi connectivity index (χ4n) is 7.50. The van der Waals surface area contributed by atoms with E-state index in [1.165, 1.54) is 38.5 Å². The Morgan fingerprint density at radius 3 is 2.37 bits per heavy atom. The largest absolute Gasteiger partial charge is 0.385 e. The molecule has 4 saturated carbocycles. The third-order valence-electron chi connectivity index (χ3n) is 8.72. The van der Waals surface area contributed by atoms with E-state index in [9.17, 15) is 9.90 Å². The number of halogens is 1. The van der Waals surface area contributed by atoms with Gasteiger partial charge in [0.1, 0.15) is 0 Å². The predicted molar refractivity (Wildman–Crippen MR) is 120 cm³/mol. The van der Waals surface area contributed by atoms with E-state index in [2.05, 4.69) is 10.6 Å². The topological polar surface area (TPSA) is 61.4 Å². The zero-order valence-corrected chi connectivity index (χ0v) is 18.8. The lowest BCUT2D eigenvalue weighted by Crippen LogP contribution is -2.51. The van der Waals surface area contributed by atoms with Crippen LogP contribution in [0.25, 0.3) is 0 Å². The molecule has 30 heavy (non-hydrogen) atoms. The molecular weight excluding hydrogens is 396 g/mol. The average Bonchev–Trinajstić information content (AvgIpc) is 2.72. The van der Waals surface area contributed by atoms with Crippen LogP contribution in [0.4, 0.5) is 0 Å². The second-order valence-electron chi connectivity index (χ2n) is 11.0. The minimum absolute atomic E-state index is 0.0984. The maximum Gasteiger partial charge on any atom is 0.252 e. The molecule has 5 heteroatoms. The first kappa shape index (κ1) is 20.8. The lowest BCUT2D eigenvalue weighted by atomic mass is 9.49. The molecule has 4 bridgehead atoms. The Labute approximate surface area is 185 Å². The molecule has 1 atom stereocenters. The van der Waals surface area contributed by atoms with Crippen molar-refractivity contribution in [2.75, 3.05) is 19.6 Å². The first-order chi connectivity index (χ1) is 14.3. The maximum absolute atomic E-state index is 13.1. The van der Waals surface area contributed by atoms with Crippen LogP contribution in [0.1, 0.15) is 74.2 Å². The third-order valence-corrected chi connectivity index (χ3v) is 9.05. The van der Waals surface area contributed by atoms with E-state index in [0.29, 0.717) is 16.0 Å². The van der Waals surface area contributed by atoms with Crippen molar-refractivity contribution in [3.05, 3.63) is 34.3 Å². The van der Waals surface area contributed by atoms with E-state index in [1.54, 1.807) is 6.07 Å². The average molecular weight is 431 g/mol. The Kier molecular flexibility index (Phi) is 5.40. The number of carbonyl (C=O) groups is 1. The van der Waals surface area contributed by atoms with Crippen LogP contribution in [0.2, 0.25) is 5.02 Å². The molecule has 4 nitrogen and oxygen atoms in total. The Balaban J connectivity index is 1.30. The van der Waals surface area contributed by atoms with Gasteiger partial charge in [0.25, 0.3) is 5.91 Å². The third kappa shape index (κ3) is 3.80. The van der Waals surface area contributed by atoms with E-state index in [0.717, 1.165) is 55.8 Å². The number of piperidine rings is 1. The summed E-state index contributed by atoms with van der Waals surface area (Å²) in [6.45, 7) is 4.49. The molecular formula is C25H35ClN2O2. The SMILES string of the molecule is CC(O)(c1ccc(Cl)c(C(=O)NCC23CC4CC(CC(C4)C2)C3)c1)C1CCNCC1. The second-order valence-corrected chi connectivity index (χ2v) is 11.4. The van der Waals surface area contributed by atoms with Crippen molar-refractivity contribution in [3.8, 4) is 0 Å². The number of nitrogens with one attached hydrogen (secondary N) is 2. The molecule has 1 aromatic carbocycles. The van der Waals surface area contributed by atoms with Crippen molar-refractivity contribution in [2.24, 2.45) is 29.1 Å². The maximum atomic E-state index is 13.1. The Hall–Kier alpha value is -1.10. The summed E-state index contributed by atoms with van der Waals surface area (Å²) < 4.78 is 0. The first-order valence-electron chi connectivity index (χ1n) is 11.9. The van der Waals surface area contributed by atoms with Crippen molar-refractivity contribution < 1.29 is 9.90 Å². The summed E-state index contributed by atoms with van der Waals surface area (Å²) in [4.78, 5) is 13.1. The van der Waals surface area contributed by atoms with Gasteiger partial charge in [0.15, 0.2) is 0 Å². The van der Waals surface area contributed by atoms with Gasteiger partial charge in [-0.3, -0.25) is 4.79 Å². The van der Waals surface area contributed by atoms with Crippen LogP contribution in [0.5, 0.6) is 0 Å². The first-order valence-corrected chi connectivity index (χ1v) is 12.2. The summed E-state index contributed by atoms with van der Waals surface area (Å²) in [5, 5.41) is 18.3. The highest BCUT2D eigenvalue weighted by Crippen LogP contribution is 2.59. The minimum Gasteiger partial charge on any atom is -0.385 e. The second kappa shape index (κ2) is 7.79. The monoisotopic (exact) mass is 430 g/mol. The molecule has 0 spiro atoms. The normalized spacial score (nSPS) is 35.2. The van der Waals surface area contributed by atoms with Crippen LogP contribution in [-0.4, -0.2) is 30.6 Å². The van der Waals surface area contributed by atoms with E-state index in [1.807, 2.05) is 19.1 Å². The Morgan fingerprint density at radius 2 is 1.77 bits per heavy atom. The van der Waals surface area contributed by atoms with Crippen molar-refractivity contribution in [1.82, 2.24) is 10.6 Å². The van der Waals surface area contributed by atoms with E-state index >= 15 is 0 Å². The number of hydrogen-bond acceptors (Lipinski definition) is 3. The van der Waals surface area contributed by atoms with Crippen molar-refractivity contribution in [3.63, 3.8) is 0 Å². The van der Waals surface area contributed by atoms with Crippen LogP contribution < -0.4 is 10.6 Å². The fourth-order valence-corrected chi connectivity index (χ4v) is 7.71. The molecule has 6 rings (SSSR count). The number of benzene rings is 1. The lowest BCUT2D eigenvalue weighted by Gasteiger charge is -2.56. The number of carbonyl (C=O) groups excluding carboxylic acids is 1. The van der Waals surface area contributed by atoms with E-state index < -0.39 is 5.60 Å². The molecule has 5 fully saturated rings. The molecule has 1 aromatic rings. The zero-order valence-electron chi connectivity index (χ0n) is 18.1. The van der Waals surface area contributed by atoms with Crippen LogP contribution in [0, 0.1) is 29.1 Å². The van der Waals surface area contributed by atoms with E-state index in [4.69, 9.17) is 11.6 Å². The van der Waals surface area contributed by atoms with Gasteiger partial charge in [-0.1, -0.05) is 17.7 Å². The molecule has 3 N–H and O–H groups in total. The quantitative estimate of drug-likeness (QED) is 0.644. The van der Waals surface area contributed by atoms with Gasteiger partial charge in [0, 0.05) is 6.54 Å². The number of rotatable bonds is 5. The highest BCUT2D eigenvalue weighted by atomic mass is 35.5. The fraction of sp³-hybridized carbons (Fsp3) is 0.720. The van der Waals surface area contributed by atoms with Crippen LogP contribution in [0.3, 0.4) is 0 Å². The van der Waals surface area contributed by atoms with Crippen LogP contribution in [0.15, 0.2) is 18.2 Å². The Morgan fingerprint density at radius 1 is 1.17 bits per heavy atom. The molecule has 164 valence electrons. The predicted octanol–water partition coefficient (Wildman–Crippen LogP) is 4.49. The summed E-state index contributed by atoms with van der Waals surface area (Å²) in [5.74, 6) is 2.71. The molecule has 1 unspecified atom stereocenters. The molecule has 4 aliphatic carbocycles. The summed E-state index contributed by atoms with van der Waals surface area (Å²) in [5.41, 5.74) is 0.628. The lowest BCUT2D eigenvalue weighted by molar-refractivity contribution is -0.0503. The van der Waals surface area contributed by atoms with Gasteiger partial charge < -0.3 is 15.7 Å². The van der Waals surface area contributed by atoms with Gasteiger partial charge in [-0.2, -0.15) is 0 Å². The molecule has 1 heterocycles. The summed E-state index contributed by atoms with van der Waals surface area (Å²) in [6.07, 6.45) is 9.92. The van der Waals surface area contributed by atoms with Crippen LogP contribution >= 0.6 is 11.6 Å². The van der Waals surface area contributed by atoms with Gasteiger partial charge in [0.05, 0.1) is 16.2 Å². The van der Waals surface area contributed by atoms with Crippen molar-refractivity contribution >= 4 is 17.5 Å². The molecule has 1 aliphatic heterocycles. The zero-order chi connectivity index (χ0) is 20.9. The minimum atomic E-state index is -0.957. The highest BCUT2D eigenvalue weighted by Gasteiger charge is 2.50. The smallest absolute Gasteiger partial charge is 0.252 e. The van der Waals surface area contributed by atoms with Crippen molar-refractivity contribution in [2.45, 2.75) is 63.9 Å². The molecule has 1 saturated heterocycles. The summed E-state index contributed by atoms with van der Waals surface area (Å²) >= 11 is 6.43. The molecule has 0 radical (unpaired) electrons. The molecule has 0 aromatic heterocycles. The van der Waals surface area contributed by atoms with E-state index in [-0.39, 0.29) is 11.8 Å². The highest BCUT2D eigenvalue weighted by molar-refractivity contribution is 6.33. The van der Waals surface area contributed by atoms with Gasteiger partial charge >= 0.3 is 0 Å².